The zero-order valence-electron chi connectivity index (χ0n) is 8.26. The highest BCUT2D eigenvalue weighted by Crippen LogP contribution is 2.29. The van der Waals surface area contributed by atoms with E-state index in [1.807, 2.05) is 6.92 Å². The van der Waals surface area contributed by atoms with Gasteiger partial charge in [0, 0.05) is 0 Å². The Hall–Kier alpha value is -0.770. The summed E-state index contributed by atoms with van der Waals surface area (Å²) in [4.78, 5) is 11.5. The zero-order chi connectivity index (χ0) is 11.4. The summed E-state index contributed by atoms with van der Waals surface area (Å²) in [5.74, 6) is -0.262. The maximum Gasteiger partial charge on any atom is 0.241 e. The second-order valence-electron chi connectivity index (χ2n) is 3.11. The highest BCUT2D eigenvalue weighted by Gasteiger charge is 2.13. The van der Waals surface area contributed by atoms with Gasteiger partial charge in [-0.3, -0.25) is 4.79 Å². The molecule has 0 aromatic heterocycles. The molecule has 0 spiro atoms. The van der Waals surface area contributed by atoms with Crippen LogP contribution in [0.2, 0.25) is 10.0 Å². The van der Waals surface area contributed by atoms with E-state index in [-0.39, 0.29) is 5.91 Å². The first kappa shape index (κ1) is 12.3. The van der Waals surface area contributed by atoms with Gasteiger partial charge in [0.15, 0.2) is 0 Å². The summed E-state index contributed by atoms with van der Waals surface area (Å²) in [5.41, 5.74) is 6.05. The fraction of sp³-hybridized carbons (Fsp3) is 0.300. The van der Waals surface area contributed by atoms with Crippen LogP contribution in [0.1, 0.15) is 13.3 Å². The zero-order valence-corrected chi connectivity index (χ0v) is 9.77. The highest BCUT2D eigenvalue weighted by molar-refractivity contribution is 6.44. The predicted octanol–water partition coefficient (Wildman–Crippen LogP) is 2.67. The molecule has 0 aliphatic heterocycles. The molecule has 1 aromatic carbocycles. The van der Waals surface area contributed by atoms with Crippen LogP contribution in [-0.4, -0.2) is 11.9 Å². The lowest BCUT2D eigenvalue weighted by molar-refractivity contribution is -0.117. The van der Waals surface area contributed by atoms with Crippen LogP contribution in [0.3, 0.4) is 0 Å². The smallest absolute Gasteiger partial charge is 0.241 e. The number of nitrogens with two attached hydrogens (primary N) is 1. The van der Waals surface area contributed by atoms with E-state index in [1.54, 1.807) is 18.2 Å². The topological polar surface area (TPSA) is 55.1 Å². The molecule has 3 nitrogen and oxygen atoms in total. The number of rotatable bonds is 3. The number of carbonyl (C=O) groups is 1. The minimum atomic E-state index is -0.528. The predicted molar refractivity (Wildman–Crippen MR) is 63.4 cm³/mol. The van der Waals surface area contributed by atoms with E-state index in [2.05, 4.69) is 5.32 Å². The van der Waals surface area contributed by atoms with Gasteiger partial charge in [-0.2, -0.15) is 0 Å². The van der Waals surface area contributed by atoms with Crippen LogP contribution in [0, 0.1) is 0 Å². The molecule has 0 radical (unpaired) electrons. The first-order valence-electron chi connectivity index (χ1n) is 4.56. The number of amides is 1. The molecule has 1 atom stereocenters. The average molecular weight is 247 g/mol. The number of carbonyl (C=O) groups excluding carboxylic acids is 1. The average Bonchev–Trinajstić information content (AvgIpc) is 2.23. The molecule has 1 amide bonds. The van der Waals surface area contributed by atoms with E-state index in [0.717, 1.165) is 0 Å². The van der Waals surface area contributed by atoms with Crippen LogP contribution < -0.4 is 11.1 Å². The van der Waals surface area contributed by atoms with Crippen molar-refractivity contribution < 1.29 is 4.79 Å². The Labute approximate surface area is 98.5 Å². The summed E-state index contributed by atoms with van der Waals surface area (Å²) in [5, 5.41) is 3.35. The lowest BCUT2D eigenvalue weighted by atomic mass is 10.2. The largest absolute Gasteiger partial charge is 0.323 e. The van der Waals surface area contributed by atoms with Crippen LogP contribution in [0.5, 0.6) is 0 Å². The third kappa shape index (κ3) is 3.09. The van der Waals surface area contributed by atoms with Gasteiger partial charge in [-0.1, -0.05) is 36.2 Å². The van der Waals surface area contributed by atoms with E-state index in [1.165, 1.54) is 0 Å². The summed E-state index contributed by atoms with van der Waals surface area (Å²) >= 11 is 11.7. The van der Waals surface area contributed by atoms with Crippen molar-refractivity contribution in [1.29, 1.82) is 0 Å². The van der Waals surface area contributed by atoms with Crippen molar-refractivity contribution in [2.45, 2.75) is 19.4 Å². The summed E-state index contributed by atoms with van der Waals surface area (Å²) in [6.07, 6.45) is 0.573. The molecule has 0 heterocycles. The second-order valence-corrected chi connectivity index (χ2v) is 3.89. The molecule has 3 N–H and O–H groups in total. The number of hydrogen-bond donors (Lipinski definition) is 2. The first-order valence-corrected chi connectivity index (χ1v) is 5.32. The number of halogens is 2. The number of hydrogen-bond acceptors (Lipinski definition) is 2. The molecular formula is C10H12Cl2N2O. The van der Waals surface area contributed by atoms with E-state index in [4.69, 9.17) is 28.9 Å². The van der Waals surface area contributed by atoms with E-state index in [0.29, 0.717) is 22.2 Å². The van der Waals surface area contributed by atoms with E-state index in [9.17, 15) is 4.79 Å². The molecule has 15 heavy (non-hydrogen) atoms. The third-order valence-corrected chi connectivity index (χ3v) is 2.80. The molecule has 0 bridgehead atoms. The van der Waals surface area contributed by atoms with Crippen molar-refractivity contribution in [2.24, 2.45) is 5.73 Å². The van der Waals surface area contributed by atoms with Gasteiger partial charge in [-0.05, 0) is 18.6 Å². The van der Waals surface area contributed by atoms with Crippen LogP contribution in [0.15, 0.2) is 18.2 Å². The van der Waals surface area contributed by atoms with E-state index < -0.39 is 6.04 Å². The van der Waals surface area contributed by atoms with E-state index >= 15 is 0 Å². The Bertz CT molecular complexity index is 368. The fourth-order valence-electron chi connectivity index (χ4n) is 1.01. The maximum absolute atomic E-state index is 11.5. The second kappa shape index (κ2) is 5.35. The molecule has 0 saturated carbocycles. The van der Waals surface area contributed by atoms with Gasteiger partial charge in [0.2, 0.25) is 5.91 Å². The van der Waals surface area contributed by atoms with Gasteiger partial charge in [0.25, 0.3) is 0 Å². The molecule has 1 aromatic rings. The molecule has 0 aliphatic rings. The molecule has 1 rings (SSSR count). The van der Waals surface area contributed by atoms with Crippen molar-refractivity contribution in [3.8, 4) is 0 Å². The van der Waals surface area contributed by atoms with Crippen molar-refractivity contribution >= 4 is 34.8 Å². The molecule has 82 valence electrons. The van der Waals surface area contributed by atoms with Gasteiger partial charge in [0.05, 0.1) is 21.8 Å². The lowest BCUT2D eigenvalue weighted by Crippen LogP contribution is -2.34. The molecule has 0 aliphatic carbocycles. The Morgan fingerprint density at radius 2 is 2.20 bits per heavy atom. The molecule has 5 heteroatoms. The minimum Gasteiger partial charge on any atom is -0.323 e. The standard InChI is InChI=1S/C10H12Cl2N2O/c1-2-7(13)10(15)14-8-5-3-4-6(11)9(8)12/h3-5,7H,2,13H2,1H3,(H,14,15)/t7-/m0/s1. The molecule has 0 fully saturated rings. The van der Waals surface area contributed by atoms with Crippen molar-refractivity contribution in [3.63, 3.8) is 0 Å². The van der Waals surface area contributed by atoms with Crippen molar-refractivity contribution in [2.75, 3.05) is 5.32 Å². The molecule has 0 unspecified atom stereocenters. The number of nitrogens with one attached hydrogen (secondary N) is 1. The van der Waals surface area contributed by atoms with Gasteiger partial charge in [0.1, 0.15) is 0 Å². The Balaban J connectivity index is 2.81. The van der Waals surface area contributed by atoms with Crippen molar-refractivity contribution in [3.05, 3.63) is 28.2 Å². The van der Waals surface area contributed by atoms with Crippen LogP contribution >= 0.6 is 23.2 Å². The normalized spacial score (nSPS) is 12.3. The maximum atomic E-state index is 11.5. The van der Waals surface area contributed by atoms with Gasteiger partial charge in [-0.15, -0.1) is 0 Å². The van der Waals surface area contributed by atoms with Crippen LogP contribution in [0.25, 0.3) is 0 Å². The third-order valence-electron chi connectivity index (χ3n) is 1.99. The number of anilines is 1. The fourth-order valence-corrected chi connectivity index (χ4v) is 1.36. The first-order chi connectivity index (χ1) is 7.06. The van der Waals surface area contributed by atoms with Crippen LogP contribution in [-0.2, 0) is 4.79 Å². The summed E-state index contributed by atoms with van der Waals surface area (Å²) < 4.78 is 0. The summed E-state index contributed by atoms with van der Waals surface area (Å²) in [6, 6.07) is 4.51. The highest BCUT2D eigenvalue weighted by atomic mass is 35.5. The quantitative estimate of drug-likeness (QED) is 0.862. The Morgan fingerprint density at radius 3 is 2.80 bits per heavy atom. The van der Waals surface area contributed by atoms with Gasteiger partial charge in [-0.25, -0.2) is 0 Å². The lowest BCUT2D eigenvalue weighted by Gasteiger charge is -2.11. The molecular weight excluding hydrogens is 235 g/mol. The summed E-state index contributed by atoms with van der Waals surface area (Å²) in [7, 11) is 0. The van der Waals surface area contributed by atoms with Gasteiger partial charge >= 0.3 is 0 Å². The molecule has 0 saturated heterocycles. The Morgan fingerprint density at radius 1 is 1.53 bits per heavy atom. The SMILES string of the molecule is CC[C@H](N)C(=O)Nc1cccc(Cl)c1Cl. The summed E-state index contributed by atoms with van der Waals surface area (Å²) in [6.45, 7) is 1.84. The van der Waals surface area contributed by atoms with Crippen molar-refractivity contribution in [1.82, 2.24) is 0 Å². The monoisotopic (exact) mass is 246 g/mol. The van der Waals surface area contributed by atoms with Gasteiger partial charge < -0.3 is 11.1 Å². The Kier molecular flexibility index (Phi) is 4.39. The number of benzene rings is 1. The minimum absolute atomic E-state index is 0.262. The van der Waals surface area contributed by atoms with Crippen LogP contribution in [0.4, 0.5) is 5.69 Å².